The Kier molecular flexibility index (Phi) is 4.64. The van der Waals surface area contributed by atoms with Crippen molar-refractivity contribution in [3.8, 4) is 11.3 Å². The normalized spacial score (nSPS) is 13.9. The summed E-state index contributed by atoms with van der Waals surface area (Å²) in [7, 11) is 1.90. The lowest BCUT2D eigenvalue weighted by Gasteiger charge is -2.16. The first kappa shape index (κ1) is 17.0. The van der Waals surface area contributed by atoms with E-state index in [-0.39, 0.29) is 5.56 Å². The molecule has 0 fully saturated rings. The van der Waals surface area contributed by atoms with E-state index in [0.29, 0.717) is 0 Å². The van der Waals surface area contributed by atoms with Gasteiger partial charge in [0.15, 0.2) is 0 Å². The molecule has 2 heterocycles. The third-order valence-electron chi connectivity index (χ3n) is 5.31. The van der Waals surface area contributed by atoms with Crippen LogP contribution in [0.2, 0.25) is 0 Å². The van der Waals surface area contributed by atoms with Gasteiger partial charge in [-0.15, -0.1) is 0 Å². The molecule has 0 bridgehead atoms. The molecule has 2 aromatic heterocycles. The van der Waals surface area contributed by atoms with Crippen LogP contribution in [0.4, 0.5) is 0 Å². The monoisotopic (exact) mass is 350 g/mol. The standard InChI is InChI=1S/C21H26N4O/c1-3-12-22-13-14-8-10-15(11-9-14)19-18-16-6-4-5-7-17(16)21(26)23-20(18)25(2)24-19/h8-11,22H,3-7,12-13H2,1-2H3,(H,23,26). The Bertz CT molecular complexity index is 982. The van der Waals surface area contributed by atoms with E-state index in [1.807, 2.05) is 7.05 Å². The van der Waals surface area contributed by atoms with E-state index in [1.165, 1.54) is 11.1 Å². The van der Waals surface area contributed by atoms with E-state index in [1.54, 1.807) is 4.68 Å². The van der Waals surface area contributed by atoms with Crippen LogP contribution in [0.25, 0.3) is 22.3 Å². The molecule has 1 aliphatic rings. The van der Waals surface area contributed by atoms with Gasteiger partial charge in [-0.05, 0) is 49.8 Å². The highest BCUT2D eigenvalue weighted by atomic mass is 16.1. The van der Waals surface area contributed by atoms with Crippen molar-refractivity contribution in [2.24, 2.45) is 7.05 Å². The van der Waals surface area contributed by atoms with Gasteiger partial charge in [-0.3, -0.25) is 9.48 Å². The van der Waals surface area contributed by atoms with E-state index >= 15 is 0 Å². The lowest BCUT2D eigenvalue weighted by molar-refractivity contribution is 0.675. The Morgan fingerprint density at radius 3 is 2.62 bits per heavy atom. The van der Waals surface area contributed by atoms with Gasteiger partial charge in [-0.1, -0.05) is 31.2 Å². The van der Waals surface area contributed by atoms with Crippen LogP contribution in [-0.4, -0.2) is 21.3 Å². The van der Waals surface area contributed by atoms with E-state index < -0.39 is 0 Å². The van der Waals surface area contributed by atoms with Crippen LogP contribution in [0, 0.1) is 0 Å². The van der Waals surface area contributed by atoms with Gasteiger partial charge in [0.1, 0.15) is 11.3 Å². The fourth-order valence-electron chi connectivity index (χ4n) is 3.96. The molecule has 26 heavy (non-hydrogen) atoms. The minimum absolute atomic E-state index is 0.0547. The van der Waals surface area contributed by atoms with E-state index in [2.05, 4.69) is 41.5 Å². The number of nitrogens with zero attached hydrogens (tertiary/aromatic N) is 2. The number of aryl methyl sites for hydroxylation is 2. The number of hydrogen-bond acceptors (Lipinski definition) is 3. The average molecular weight is 350 g/mol. The van der Waals surface area contributed by atoms with Gasteiger partial charge in [-0.25, -0.2) is 0 Å². The van der Waals surface area contributed by atoms with Crippen molar-refractivity contribution < 1.29 is 0 Å². The van der Waals surface area contributed by atoms with Gasteiger partial charge >= 0.3 is 0 Å². The molecule has 0 radical (unpaired) electrons. The second-order valence-corrected chi connectivity index (χ2v) is 7.19. The molecule has 0 atom stereocenters. The number of benzene rings is 1. The average Bonchev–Trinajstić information content (AvgIpc) is 3.00. The molecular formula is C21H26N4O. The van der Waals surface area contributed by atoms with Crippen LogP contribution in [0.1, 0.15) is 42.9 Å². The Labute approximate surface area is 153 Å². The Balaban J connectivity index is 1.78. The van der Waals surface area contributed by atoms with Crippen LogP contribution < -0.4 is 10.9 Å². The summed E-state index contributed by atoms with van der Waals surface area (Å²) in [6.07, 6.45) is 5.21. The maximum atomic E-state index is 12.4. The first-order valence-electron chi connectivity index (χ1n) is 9.59. The molecule has 4 rings (SSSR count). The number of hydrogen-bond donors (Lipinski definition) is 2. The van der Waals surface area contributed by atoms with Crippen LogP contribution in [0.5, 0.6) is 0 Å². The lowest BCUT2D eigenvalue weighted by Crippen LogP contribution is -2.19. The summed E-state index contributed by atoms with van der Waals surface area (Å²) in [6, 6.07) is 8.61. The summed E-state index contributed by atoms with van der Waals surface area (Å²) >= 11 is 0. The number of fused-ring (bicyclic) bond motifs is 3. The largest absolute Gasteiger partial charge is 0.313 e. The van der Waals surface area contributed by atoms with Crippen molar-refractivity contribution in [3.63, 3.8) is 0 Å². The zero-order valence-corrected chi connectivity index (χ0v) is 15.6. The van der Waals surface area contributed by atoms with E-state index in [4.69, 9.17) is 5.10 Å². The quantitative estimate of drug-likeness (QED) is 0.694. The van der Waals surface area contributed by atoms with Crippen molar-refractivity contribution in [1.29, 1.82) is 0 Å². The van der Waals surface area contributed by atoms with Gasteiger partial charge in [0.05, 0.1) is 0 Å². The first-order chi connectivity index (χ1) is 12.7. The van der Waals surface area contributed by atoms with Gasteiger partial charge in [-0.2, -0.15) is 5.10 Å². The Hall–Kier alpha value is -2.40. The number of aromatic amines is 1. The third-order valence-corrected chi connectivity index (χ3v) is 5.31. The molecule has 0 unspecified atom stereocenters. The zero-order valence-electron chi connectivity index (χ0n) is 15.6. The second kappa shape index (κ2) is 7.08. The smallest absolute Gasteiger partial charge is 0.253 e. The molecule has 0 aliphatic heterocycles. The topological polar surface area (TPSA) is 62.7 Å². The van der Waals surface area contributed by atoms with E-state index in [0.717, 1.165) is 73.0 Å². The predicted octanol–water partition coefficient (Wildman–Crippen LogP) is 3.31. The molecule has 2 N–H and O–H groups in total. The molecule has 3 aromatic rings. The molecular weight excluding hydrogens is 324 g/mol. The number of nitrogens with one attached hydrogen (secondary N) is 2. The maximum Gasteiger partial charge on any atom is 0.253 e. The zero-order chi connectivity index (χ0) is 18.1. The lowest BCUT2D eigenvalue weighted by atomic mass is 9.89. The Morgan fingerprint density at radius 1 is 1.15 bits per heavy atom. The molecule has 0 spiro atoms. The number of pyridine rings is 1. The van der Waals surface area contributed by atoms with Crippen LogP contribution >= 0.6 is 0 Å². The van der Waals surface area contributed by atoms with Crippen molar-refractivity contribution >= 4 is 11.0 Å². The van der Waals surface area contributed by atoms with Crippen molar-refractivity contribution in [2.75, 3.05) is 6.54 Å². The summed E-state index contributed by atoms with van der Waals surface area (Å²) in [6.45, 7) is 4.10. The highest BCUT2D eigenvalue weighted by Crippen LogP contribution is 2.33. The molecule has 5 heteroatoms. The summed E-state index contributed by atoms with van der Waals surface area (Å²) in [5.74, 6) is 0. The molecule has 0 amide bonds. The summed E-state index contributed by atoms with van der Waals surface area (Å²) in [4.78, 5) is 15.5. The van der Waals surface area contributed by atoms with Gasteiger partial charge in [0.25, 0.3) is 5.56 Å². The number of aromatic nitrogens is 3. The molecule has 1 aromatic carbocycles. The minimum atomic E-state index is 0.0547. The van der Waals surface area contributed by atoms with Crippen LogP contribution in [0.3, 0.4) is 0 Å². The summed E-state index contributed by atoms with van der Waals surface area (Å²) in [5, 5.41) is 9.30. The highest BCUT2D eigenvalue weighted by Gasteiger charge is 2.22. The predicted molar refractivity (Wildman–Crippen MR) is 105 cm³/mol. The number of H-pyrrole nitrogens is 1. The van der Waals surface area contributed by atoms with Crippen molar-refractivity contribution in [2.45, 2.75) is 45.6 Å². The van der Waals surface area contributed by atoms with Gasteiger partial charge in [0.2, 0.25) is 0 Å². The Morgan fingerprint density at radius 2 is 1.88 bits per heavy atom. The fourth-order valence-corrected chi connectivity index (χ4v) is 3.96. The maximum absolute atomic E-state index is 12.4. The van der Waals surface area contributed by atoms with Gasteiger partial charge in [0, 0.05) is 30.1 Å². The summed E-state index contributed by atoms with van der Waals surface area (Å²) in [5.41, 5.74) is 6.40. The van der Waals surface area contributed by atoms with E-state index in [9.17, 15) is 4.79 Å². The summed E-state index contributed by atoms with van der Waals surface area (Å²) < 4.78 is 1.80. The van der Waals surface area contributed by atoms with Crippen LogP contribution in [-0.2, 0) is 26.4 Å². The highest BCUT2D eigenvalue weighted by molar-refractivity contribution is 5.94. The molecule has 136 valence electrons. The molecule has 5 nitrogen and oxygen atoms in total. The van der Waals surface area contributed by atoms with Crippen molar-refractivity contribution in [3.05, 3.63) is 51.3 Å². The SMILES string of the molecule is CCCNCc1ccc(-c2nn(C)c3[nH]c(=O)c4c(c23)CCCC4)cc1. The molecule has 0 saturated heterocycles. The molecule has 0 saturated carbocycles. The van der Waals surface area contributed by atoms with Crippen LogP contribution in [0.15, 0.2) is 29.1 Å². The van der Waals surface area contributed by atoms with Crippen molar-refractivity contribution in [1.82, 2.24) is 20.1 Å². The minimum Gasteiger partial charge on any atom is -0.313 e. The third kappa shape index (κ3) is 2.97. The number of rotatable bonds is 5. The van der Waals surface area contributed by atoms with Gasteiger partial charge < -0.3 is 10.3 Å². The first-order valence-corrected chi connectivity index (χ1v) is 9.59. The fraction of sp³-hybridized carbons (Fsp3) is 0.429. The molecule has 1 aliphatic carbocycles. The second-order valence-electron chi connectivity index (χ2n) is 7.19.